The summed E-state index contributed by atoms with van der Waals surface area (Å²) in [5.74, 6) is 1.63. The summed E-state index contributed by atoms with van der Waals surface area (Å²) >= 11 is 0. The number of benzene rings is 2. The van der Waals surface area contributed by atoms with Crippen LogP contribution in [0.4, 0.5) is 5.69 Å². The molecule has 1 aliphatic rings. The summed E-state index contributed by atoms with van der Waals surface area (Å²) in [5, 5.41) is 2.85. The van der Waals surface area contributed by atoms with Crippen LogP contribution >= 0.6 is 0 Å². The van der Waals surface area contributed by atoms with Gasteiger partial charge < -0.3 is 24.1 Å². The predicted octanol–water partition coefficient (Wildman–Crippen LogP) is 2.74. The molecule has 3 aromatic rings. The summed E-state index contributed by atoms with van der Waals surface area (Å²) in [7, 11) is 0. The van der Waals surface area contributed by atoms with Gasteiger partial charge in [-0.25, -0.2) is 4.98 Å². The minimum atomic E-state index is -0.703. The Kier molecular flexibility index (Phi) is 4.91. The lowest BCUT2D eigenvalue weighted by Gasteiger charge is -2.25. The quantitative estimate of drug-likeness (QED) is 0.727. The molecule has 138 valence electrons. The van der Waals surface area contributed by atoms with Gasteiger partial charge in [-0.15, -0.1) is 0 Å². The Morgan fingerprint density at radius 3 is 2.96 bits per heavy atom. The van der Waals surface area contributed by atoms with Crippen LogP contribution in [0.2, 0.25) is 0 Å². The van der Waals surface area contributed by atoms with E-state index < -0.39 is 6.10 Å². The fraction of sp³-hybridized carbons (Fsp3) is 0.200. The highest BCUT2D eigenvalue weighted by molar-refractivity contribution is 5.94. The standard InChI is InChI=1S/C20H19N3O4/c24-20(19-13-26-17-6-1-2-7-18(17)27-19)22-15-4-3-5-16(12-15)25-11-10-23-9-8-21-14-23/h1-9,12,14,19H,10-11,13H2,(H,22,24)/t19-/m1/s1. The molecule has 27 heavy (non-hydrogen) atoms. The number of imidazole rings is 1. The number of anilines is 1. The minimum absolute atomic E-state index is 0.171. The number of ether oxygens (including phenoxy) is 3. The highest BCUT2D eigenvalue weighted by Crippen LogP contribution is 2.31. The number of para-hydroxylation sites is 2. The lowest BCUT2D eigenvalue weighted by molar-refractivity contribution is -0.125. The molecule has 7 heteroatoms. The lowest BCUT2D eigenvalue weighted by atomic mass is 10.2. The summed E-state index contributed by atoms with van der Waals surface area (Å²) in [6.07, 6.45) is 4.64. The average molecular weight is 365 g/mol. The van der Waals surface area contributed by atoms with Crippen LogP contribution in [-0.4, -0.2) is 34.8 Å². The van der Waals surface area contributed by atoms with Crippen molar-refractivity contribution in [3.05, 3.63) is 67.3 Å². The first-order valence-electron chi connectivity index (χ1n) is 8.66. The molecule has 0 unspecified atom stereocenters. The van der Waals surface area contributed by atoms with E-state index in [4.69, 9.17) is 14.2 Å². The molecular formula is C20H19N3O4. The Hall–Kier alpha value is -3.48. The van der Waals surface area contributed by atoms with E-state index in [9.17, 15) is 4.79 Å². The summed E-state index contributed by atoms with van der Waals surface area (Å²) in [6.45, 7) is 1.37. The van der Waals surface area contributed by atoms with Gasteiger partial charge in [0.2, 0.25) is 6.10 Å². The molecule has 1 aliphatic heterocycles. The van der Waals surface area contributed by atoms with Gasteiger partial charge in [0.15, 0.2) is 11.5 Å². The SMILES string of the molecule is O=C(Nc1cccc(OCCn2ccnc2)c1)[C@H]1COc2ccccc2O1. The molecule has 0 radical (unpaired) electrons. The van der Waals surface area contributed by atoms with Crippen molar-refractivity contribution in [2.75, 3.05) is 18.5 Å². The van der Waals surface area contributed by atoms with Crippen molar-refractivity contribution in [3.63, 3.8) is 0 Å². The van der Waals surface area contributed by atoms with Crippen molar-refractivity contribution in [3.8, 4) is 17.2 Å². The molecule has 1 aromatic heterocycles. The summed E-state index contributed by atoms with van der Waals surface area (Å²) in [5.41, 5.74) is 0.641. The van der Waals surface area contributed by atoms with Crippen molar-refractivity contribution in [2.45, 2.75) is 12.6 Å². The molecule has 1 atom stereocenters. The monoisotopic (exact) mass is 365 g/mol. The summed E-state index contributed by atoms with van der Waals surface area (Å²) in [4.78, 5) is 16.5. The second-order valence-electron chi connectivity index (χ2n) is 6.03. The number of hydrogen-bond acceptors (Lipinski definition) is 5. The zero-order chi connectivity index (χ0) is 18.5. The van der Waals surface area contributed by atoms with Crippen molar-refractivity contribution >= 4 is 11.6 Å². The number of hydrogen-bond donors (Lipinski definition) is 1. The van der Waals surface area contributed by atoms with Crippen molar-refractivity contribution in [1.29, 1.82) is 0 Å². The molecule has 1 N–H and O–H groups in total. The maximum atomic E-state index is 12.5. The van der Waals surface area contributed by atoms with Crippen LogP contribution in [0, 0.1) is 0 Å². The summed E-state index contributed by atoms with van der Waals surface area (Å²) in [6, 6.07) is 14.6. The molecule has 0 saturated heterocycles. The topological polar surface area (TPSA) is 74.6 Å². The maximum absolute atomic E-state index is 12.5. The molecule has 0 fully saturated rings. The van der Waals surface area contributed by atoms with Crippen LogP contribution in [0.1, 0.15) is 0 Å². The van der Waals surface area contributed by atoms with E-state index in [0.29, 0.717) is 36.1 Å². The zero-order valence-corrected chi connectivity index (χ0v) is 14.6. The number of fused-ring (bicyclic) bond motifs is 1. The van der Waals surface area contributed by atoms with Crippen molar-refractivity contribution in [2.24, 2.45) is 0 Å². The van der Waals surface area contributed by atoms with Crippen LogP contribution in [0.15, 0.2) is 67.3 Å². The zero-order valence-electron chi connectivity index (χ0n) is 14.6. The largest absolute Gasteiger partial charge is 0.492 e. The van der Waals surface area contributed by atoms with E-state index in [1.807, 2.05) is 41.1 Å². The first-order chi connectivity index (χ1) is 13.3. The van der Waals surface area contributed by atoms with Gasteiger partial charge in [-0.2, -0.15) is 0 Å². The predicted molar refractivity (Wildman–Crippen MR) is 99.1 cm³/mol. The molecule has 4 rings (SSSR count). The number of amides is 1. The third kappa shape index (κ3) is 4.20. The van der Waals surface area contributed by atoms with E-state index >= 15 is 0 Å². The molecule has 7 nitrogen and oxygen atoms in total. The maximum Gasteiger partial charge on any atom is 0.269 e. The fourth-order valence-corrected chi connectivity index (χ4v) is 2.72. The van der Waals surface area contributed by atoms with Crippen LogP contribution < -0.4 is 19.5 Å². The van der Waals surface area contributed by atoms with E-state index in [2.05, 4.69) is 10.3 Å². The van der Waals surface area contributed by atoms with Gasteiger partial charge in [0.05, 0.1) is 12.9 Å². The van der Waals surface area contributed by atoms with E-state index in [1.165, 1.54) is 0 Å². The van der Waals surface area contributed by atoms with E-state index in [1.54, 1.807) is 30.7 Å². The van der Waals surface area contributed by atoms with Gasteiger partial charge in [-0.3, -0.25) is 4.79 Å². The van der Waals surface area contributed by atoms with Crippen LogP contribution in [0.25, 0.3) is 0 Å². The second-order valence-corrected chi connectivity index (χ2v) is 6.03. The lowest BCUT2D eigenvalue weighted by Crippen LogP contribution is -2.40. The number of aromatic nitrogens is 2. The van der Waals surface area contributed by atoms with Crippen LogP contribution in [0.3, 0.4) is 0 Å². The van der Waals surface area contributed by atoms with E-state index in [0.717, 1.165) is 0 Å². The number of rotatable bonds is 6. The number of nitrogens with one attached hydrogen (secondary N) is 1. The Morgan fingerprint density at radius 1 is 1.22 bits per heavy atom. The Balaban J connectivity index is 1.33. The molecule has 2 aromatic carbocycles. The van der Waals surface area contributed by atoms with Crippen LogP contribution in [0.5, 0.6) is 17.2 Å². The van der Waals surface area contributed by atoms with Gasteiger partial charge in [0.25, 0.3) is 5.91 Å². The van der Waals surface area contributed by atoms with Crippen molar-refractivity contribution in [1.82, 2.24) is 9.55 Å². The smallest absolute Gasteiger partial charge is 0.269 e. The third-order valence-corrected chi connectivity index (χ3v) is 4.08. The molecule has 2 heterocycles. The minimum Gasteiger partial charge on any atom is -0.492 e. The summed E-state index contributed by atoms with van der Waals surface area (Å²) < 4.78 is 19.0. The second kappa shape index (κ2) is 7.82. The van der Waals surface area contributed by atoms with Gasteiger partial charge in [-0.05, 0) is 24.3 Å². The highest BCUT2D eigenvalue weighted by Gasteiger charge is 2.27. The molecular weight excluding hydrogens is 346 g/mol. The Bertz CT molecular complexity index is 911. The third-order valence-electron chi connectivity index (χ3n) is 4.08. The number of carbonyl (C=O) groups excluding carboxylic acids is 1. The normalized spacial score (nSPS) is 15.2. The molecule has 0 bridgehead atoms. The molecule has 1 amide bonds. The van der Waals surface area contributed by atoms with Gasteiger partial charge in [0, 0.05) is 24.1 Å². The molecule has 0 saturated carbocycles. The first kappa shape index (κ1) is 17.0. The van der Waals surface area contributed by atoms with Gasteiger partial charge in [0.1, 0.15) is 19.0 Å². The molecule has 0 aliphatic carbocycles. The van der Waals surface area contributed by atoms with Crippen LogP contribution in [-0.2, 0) is 11.3 Å². The first-order valence-corrected chi connectivity index (χ1v) is 8.66. The highest BCUT2D eigenvalue weighted by atomic mass is 16.6. The number of nitrogens with zero attached hydrogens (tertiary/aromatic N) is 2. The average Bonchev–Trinajstić information content (AvgIpc) is 3.21. The van der Waals surface area contributed by atoms with Crippen molar-refractivity contribution < 1.29 is 19.0 Å². The number of carbonyl (C=O) groups is 1. The van der Waals surface area contributed by atoms with Gasteiger partial charge >= 0.3 is 0 Å². The Labute approximate surface area is 156 Å². The van der Waals surface area contributed by atoms with Gasteiger partial charge in [-0.1, -0.05) is 18.2 Å². The molecule has 0 spiro atoms. The Morgan fingerprint density at radius 2 is 2.11 bits per heavy atom. The van der Waals surface area contributed by atoms with E-state index in [-0.39, 0.29) is 12.5 Å². The fourth-order valence-electron chi connectivity index (χ4n) is 2.72.